The topological polar surface area (TPSA) is 47.6 Å². The molecule has 0 amide bonds. The number of anilines is 1. The number of thiol groups is 1. The summed E-state index contributed by atoms with van der Waals surface area (Å²) in [6, 6.07) is 14.6. The molecule has 2 atom stereocenters. The molecule has 0 aliphatic carbocycles. The summed E-state index contributed by atoms with van der Waals surface area (Å²) >= 11 is 4.14. The van der Waals surface area contributed by atoms with Crippen LogP contribution in [0.3, 0.4) is 0 Å². The van der Waals surface area contributed by atoms with E-state index >= 15 is 0 Å². The fourth-order valence-electron chi connectivity index (χ4n) is 3.89. The van der Waals surface area contributed by atoms with E-state index in [1.165, 1.54) is 41.5 Å². The average molecular weight is 469 g/mol. The second-order valence-corrected chi connectivity index (χ2v) is 8.35. The summed E-state index contributed by atoms with van der Waals surface area (Å²) in [7, 11) is 0. The van der Waals surface area contributed by atoms with Crippen molar-refractivity contribution in [3.05, 3.63) is 76.5 Å². The van der Waals surface area contributed by atoms with Crippen LogP contribution in [-0.4, -0.2) is 24.7 Å². The maximum atomic E-state index is 6.03. The number of hydrogen-bond donors (Lipinski definition) is 2. The van der Waals surface area contributed by atoms with Crippen LogP contribution in [0, 0.1) is 13.8 Å². The highest BCUT2D eigenvalue weighted by Gasteiger charge is 2.21. The third-order valence-corrected chi connectivity index (χ3v) is 6.07. The molecule has 33 heavy (non-hydrogen) atoms. The SMILES string of the molecule is CC.CC=N/C(=C\CC)C(c1cccc(N)c1)c1cccc(C)c1C.SCC1CCCCO1. The molecule has 2 aromatic rings. The van der Waals surface area contributed by atoms with Gasteiger partial charge in [-0.3, -0.25) is 4.99 Å². The molecule has 2 unspecified atom stereocenters. The Balaban J connectivity index is 0.000000454. The molecule has 182 valence electrons. The third-order valence-electron chi connectivity index (χ3n) is 5.67. The van der Waals surface area contributed by atoms with E-state index in [-0.39, 0.29) is 5.92 Å². The Morgan fingerprint density at radius 3 is 2.45 bits per heavy atom. The molecule has 1 heterocycles. The van der Waals surface area contributed by atoms with Gasteiger partial charge >= 0.3 is 0 Å². The van der Waals surface area contributed by atoms with E-state index < -0.39 is 0 Å². The van der Waals surface area contributed by atoms with Gasteiger partial charge in [-0.2, -0.15) is 12.6 Å². The first-order valence-electron chi connectivity index (χ1n) is 12.3. The van der Waals surface area contributed by atoms with E-state index in [9.17, 15) is 0 Å². The van der Waals surface area contributed by atoms with Crippen molar-refractivity contribution in [1.29, 1.82) is 0 Å². The summed E-state index contributed by atoms with van der Waals surface area (Å²) in [5.74, 6) is 0.995. The predicted molar refractivity (Wildman–Crippen MR) is 150 cm³/mol. The zero-order chi connectivity index (χ0) is 24.6. The van der Waals surface area contributed by atoms with Crippen molar-refractivity contribution in [3.63, 3.8) is 0 Å². The summed E-state index contributed by atoms with van der Waals surface area (Å²) in [6.07, 6.45) is 9.25. The normalized spacial score (nSPS) is 16.9. The van der Waals surface area contributed by atoms with Crippen LogP contribution in [0.25, 0.3) is 0 Å². The van der Waals surface area contributed by atoms with E-state index in [1.54, 1.807) is 0 Å². The fourth-order valence-corrected chi connectivity index (χ4v) is 4.18. The minimum Gasteiger partial charge on any atom is -0.399 e. The lowest BCUT2D eigenvalue weighted by Gasteiger charge is -2.22. The van der Waals surface area contributed by atoms with Crippen LogP contribution in [0.5, 0.6) is 0 Å². The Bertz CT molecular complexity index is 870. The zero-order valence-corrected chi connectivity index (χ0v) is 22.4. The number of aliphatic imine (C=N–C) groups is 1. The highest BCUT2D eigenvalue weighted by Crippen LogP contribution is 2.36. The third kappa shape index (κ3) is 9.38. The predicted octanol–water partition coefficient (Wildman–Crippen LogP) is 7.91. The second-order valence-electron chi connectivity index (χ2n) is 7.99. The second kappa shape index (κ2) is 16.6. The van der Waals surface area contributed by atoms with E-state index in [4.69, 9.17) is 10.5 Å². The van der Waals surface area contributed by atoms with E-state index in [0.29, 0.717) is 6.10 Å². The first kappa shape index (κ1) is 29.0. The van der Waals surface area contributed by atoms with Gasteiger partial charge in [-0.1, -0.05) is 57.2 Å². The van der Waals surface area contributed by atoms with Crippen molar-refractivity contribution < 1.29 is 4.74 Å². The van der Waals surface area contributed by atoms with Crippen molar-refractivity contribution in [2.24, 2.45) is 4.99 Å². The molecule has 4 heteroatoms. The molecule has 0 radical (unpaired) electrons. The van der Waals surface area contributed by atoms with Gasteiger partial charge in [0.25, 0.3) is 0 Å². The molecule has 1 fully saturated rings. The first-order valence-corrected chi connectivity index (χ1v) is 13.0. The summed E-state index contributed by atoms with van der Waals surface area (Å²) in [5, 5.41) is 0. The lowest BCUT2D eigenvalue weighted by atomic mass is 9.84. The minimum atomic E-state index is 0.106. The van der Waals surface area contributed by atoms with Crippen molar-refractivity contribution in [2.75, 3.05) is 18.1 Å². The largest absolute Gasteiger partial charge is 0.399 e. The lowest BCUT2D eigenvalue weighted by Crippen LogP contribution is -2.20. The molecule has 0 aromatic heterocycles. The number of hydrogen-bond acceptors (Lipinski definition) is 4. The molecule has 2 N–H and O–H groups in total. The molecule has 1 aliphatic rings. The van der Waals surface area contributed by atoms with Crippen LogP contribution in [0.1, 0.15) is 81.5 Å². The number of nitrogen functional groups attached to an aromatic ring is 1. The fraction of sp³-hybridized carbons (Fsp3) is 0.483. The van der Waals surface area contributed by atoms with Gasteiger partial charge in [0, 0.05) is 30.0 Å². The van der Waals surface area contributed by atoms with Crippen LogP contribution in [0.4, 0.5) is 5.69 Å². The van der Waals surface area contributed by atoms with Gasteiger partial charge in [-0.15, -0.1) is 0 Å². The average Bonchev–Trinajstić information content (AvgIpc) is 2.84. The zero-order valence-electron chi connectivity index (χ0n) is 21.5. The lowest BCUT2D eigenvalue weighted by molar-refractivity contribution is 0.0317. The molecule has 0 spiro atoms. The molecule has 1 aliphatic heterocycles. The Kier molecular flexibility index (Phi) is 14.5. The number of rotatable bonds is 6. The van der Waals surface area contributed by atoms with E-state index in [2.05, 4.69) is 74.8 Å². The van der Waals surface area contributed by atoms with Gasteiger partial charge in [-0.05, 0) is 80.8 Å². The number of allylic oxidation sites excluding steroid dienone is 2. The van der Waals surface area contributed by atoms with Crippen molar-refractivity contribution in [3.8, 4) is 0 Å². The first-order chi connectivity index (χ1) is 16.0. The van der Waals surface area contributed by atoms with E-state index in [0.717, 1.165) is 30.2 Å². The van der Waals surface area contributed by atoms with Gasteiger partial charge in [0.1, 0.15) is 0 Å². The van der Waals surface area contributed by atoms with Crippen molar-refractivity contribution in [2.45, 2.75) is 79.2 Å². The molecular weight excluding hydrogens is 424 g/mol. The highest BCUT2D eigenvalue weighted by atomic mass is 32.1. The number of benzene rings is 2. The standard InChI is InChI=1S/C21H26N2.C6H12OS.C2H6/c1-5-9-20(23-6-2)21(17-11-8-12-18(22)14-17)19-13-7-10-15(3)16(19)4;8-5-6-3-1-2-4-7-6;1-2/h6-14,21H,5,22H2,1-4H3;6,8H,1-5H2;1-2H3/b20-9-,23-6?;;. The Morgan fingerprint density at radius 2 is 1.91 bits per heavy atom. The smallest absolute Gasteiger partial charge is 0.0662 e. The number of aryl methyl sites for hydroxylation is 1. The Hall–Kier alpha value is -2.04. The van der Waals surface area contributed by atoms with Crippen LogP contribution in [0.2, 0.25) is 0 Å². The van der Waals surface area contributed by atoms with Crippen LogP contribution < -0.4 is 5.73 Å². The summed E-state index contributed by atoms with van der Waals surface area (Å²) < 4.78 is 5.35. The summed E-state index contributed by atoms with van der Waals surface area (Å²) in [4.78, 5) is 4.66. The highest BCUT2D eigenvalue weighted by molar-refractivity contribution is 7.80. The number of nitrogens with two attached hydrogens (primary N) is 1. The van der Waals surface area contributed by atoms with Gasteiger partial charge in [0.15, 0.2) is 0 Å². The molecular formula is C29H44N2OS. The van der Waals surface area contributed by atoms with Gasteiger partial charge in [-0.25, -0.2) is 0 Å². The van der Waals surface area contributed by atoms with E-state index in [1.807, 2.05) is 39.1 Å². The number of nitrogens with zero attached hydrogens (tertiary/aromatic N) is 1. The maximum Gasteiger partial charge on any atom is 0.0662 e. The van der Waals surface area contributed by atoms with Crippen LogP contribution >= 0.6 is 12.6 Å². The molecule has 0 saturated carbocycles. The van der Waals surface area contributed by atoms with Crippen molar-refractivity contribution in [1.82, 2.24) is 0 Å². The van der Waals surface area contributed by atoms with Gasteiger partial charge in [0.05, 0.1) is 12.0 Å². The molecule has 2 aromatic carbocycles. The maximum absolute atomic E-state index is 6.03. The molecule has 3 rings (SSSR count). The number of ether oxygens (including phenoxy) is 1. The van der Waals surface area contributed by atoms with Gasteiger partial charge in [0.2, 0.25) is 0 Å². The summed E-state index contributed by atoms with van der Waals surface area (Å²) in [5.41, 5.74) is 13.0. The molecule has 0 bridgehead atoms. The Morgan fingerprint density at radius 1 is 1.18 bits per heavy atom. The van der Waals surface area contributed by atoms with Gasteiger partial charge < -0.3 is 10.5 Å². The van der Waals surface area contributed by atoms with Crippen LogP contribution in [0.15, 0.2) is 59.2 Å². The quantitative estimate of drug-likeness (QED) is 0.257. The summed E-state index contributed by atoms with van der Waals surface area (Å²) in [6.45, 7) is 13.4. The monoisotopic (exact) mass is 468 g/mol. The Labute approximate surface area is 208 Å². The minimum absolute atomic E-state index is 0.106. The van der Waals surface area contributed by atoms with Crippen molar-refractivity contribution >= 4 is 24.5 Å². The molecule has 3 nitrogen and oxygen atoms in total. The van der Waals surface area contributed by atoms with Crippen LogP contribution in [-0.2, 0) is 4.74 Å². The molecule has 1 saturated heterocycles.